The first-order valence-corrected chi connectivity index (χ1v) is 4.81. The van der Waals surface area contributed by atoms with E-state index in [0.29, 0.717) is 24.0 Å². The second-order valence-electron chi connectivity index (χ2n) is 3.63. The van der Waals surface area contributed by atoms with Crippen molar-refractivity contribution in [1.82, 2.24) is 0 Å². The van der Waals surface area contributed by atoms with Crippen molar-refractivity contribution in [2.45, 2.75) is 12.8 Å². The third-order valence-corrected chi connectivity index (χ3v) is 2.72. The molecule has 84 valence electrons. The van der Waals surface area contributed by atoms with E-state index in [1.807, 2.05) is 0 Å². The number of rotatable bonds is 3. The fourth-order valence-corrected chi connectivity index (χ4v) is 2.01. The van der Waals surface area contributed by atoms with E-state index in [0.717, 1.165) is 5.57 Å². The lowest BCUT2D eigenvalue weighted by atomic mass is 9.95. The molecule has 0 spiro atoms. The van der Waals surface area contributed by atoms with Crippen LogP contribution in [0.25, 0.3) is 0 Å². The largest absolute Gasteiger partial charge is 0.480 e. The molecule has 2 aliphatic rings. The van der Waals surface area contributed by atoms with E-state index < -0.39 is 17.9 Å². The van der Waals surface area contributed by atoms with Crippen LogP contribution in [0.3, 0.4) is 0 Å². The van der Waals surface area contributed by atoms with Crippen molar-refractivity contribution in [2.24, 2.45) is 5.92 Å². The molecule has 5 heteroatoms. The van der Waals surface area contributed by atoms with Crippen LogP contribution in [0, 0.1) is 5.92 Å². The Morgan fingerprint density at radius 1 is 1.25 bits per heavy atom. The molecule has 16 heavy (non-hydrogen) atoms. The predicted octanol–water partition coefficient (Wildman–Crippen LogP) is 1.29. The van der Waals surface area contributed by atoms with Gasteiger partial charge in [0.15, 0.2) is 5.92 Å². The zero-order valence-electron chi connectivity index (χ0n) is 8.34. The molecule has 0 aromatic carbocycles. The van der Waals surface area contributed by atoms with Gasteiger partial charge in [-0.05, 0) is 35.6 Å². The molecule has 1 heterocycles. The molecule has 0 atom stereocenters. The Hall–Kier alpha value is -2.04. The molecule has 2 rings (SSSR count). The summed E-state index contributed by atoms with van der Waals surface area (Å²) in [7, 11) is 0. The molecule has 1 aliphatic heterocycles. The smallest absolute Gasteiger partial charge is 0.322 e. The summed E-state index contributed by atoms with van der Waals surface area (Å²) in [4.78, 5) is 21.8. The van der Waals surface area contributed by atoms with Crippen molar-refractivity contribution < 1.29 is 24.5 Å². The number of carbonyl (C=O) groups is 2. The highest BCUT2D eigenvalue weighted by Gasteiger charge is 2.35. The number of aliphatic carboxylic acids is 2. The first kappa shape index (κ1) is 10.5. The third-order valence-electron chi connectivity index (χ3n) is 2.72. The van der Waals surface area contributed by atoms with E-state index in [2.05, 4.69) is 0 Å². The van der Waals surface area contributed by atoms with E-state index in [1.165, 1.54) is 12.5 Å². The average molecular weight is 222 g/mol. The molecule has 0 aromatic rings. The molecule has 0 saturated heterocycles. The Morgan fingerprint density at radius 2 is 1.94 bits per heavy atom. The van der Waals surface area contributed by atoms with Crippen molar-refractivity contribution >= 4 is 11.9 Å². The highest BCUT2D eigenvalue weighted by molar-refractivity contribution is 5.97. The average Bonchev–Trinajstić information content (AvgIpc) is 2.61. The molecule has 0 amide bonds. The number of ether oxygens (including phenoxy) is 1. The van der Waals surface area contributed by atoms with Gasteiger partial charge in [0.05, 0.1) is 12.5 Å². The molecule has 0 saturated carbocycles. The molecule has 5 nitrogen and oxygen atoms in total. The van der Waals surface area contributed by atoms with Crippen molar-refractivity contribution in [2.75, 3.05) is 0 Å². The van der Waals surface area contributed by atoms with Crippen LogP contribution in [-0.2, 0) is 14.3 Å². The van der Waals surface area contributed by atoms with E-state index in [9.17, 15) is 9.59 Å². The van der Waals surface area contributed by atoms with E-state index in [1.54, 1.807) is 6.08 Å². The first-order chi connectivity index (χ1) is 7.61. The normalized spacial score (nSPS) is 18.2. The fraction of sp³-hybridized carbons (Fsp3) is 0.273. The van der Waals surface area contributed by atoms with Gasteiger partial charge in [-0.2, -0.15) is 0 Å². The van der Waals surface area contributed by atoms with Crippen LogP contribution in [0.5, 0.6) is 0 Å². The molecular formula is C11H10O5. The Bertz CT molecular complexity index is 427. The quantitative estimate of drug-likeness (QED) is 0.703. The number of allylic oxidation sites excluding steroid dienone is 3. The molecule has 0 fully saturated rings. The highest BCUT2D eigenvalue weighted by Crippen LogP contribution is 2.38. The van der Waals surface area contributed by atoms with Gasteiger partial charge in [0.2, 0.25) is 0 Å². The van der Waals surface area contributed by atoms with E-state index in [-0.39, 0.29) is 0 Å². The number of hydrogen-bond acceptors (Lipinski definition) is 3. The molecular weight excluding hydrogens is 212 g/mol. The van der Waals surface area contributed by atoms with Gasteiger partial charge in [-0.1, -0.05) is 0 Å². The highest BCUT2D eigenvalue weighted by atomic mass is 16.5. The topological polar surface area (TPSA) is 83.8 Å². The second-order valence-corrected chi connectivity index (χ2v) is 3.63. The molecule has 0 radical (unpaired) electrons. The molecule has 0 unspecified atom stereocenters. The zero-order valence-corrected chi connectivity index (χ0v) is 8.34. The lowest BCUT2D eigenvalue weighted by Gasteiger charge is -2.11. The summed E-state index contributed by atoms with van der Waals surface area (Å²) in [6, 6.07) is 0. The van der Waals surface area contributed by atoms with Gasteiger partial charge in [-0.3, -0.25) is 9.59 Å². The number of hydrogen-bond donors (Lipinski definition) is 2. The van der Waals surface area contributed by atoms with Crippen molar-refractivity contribution in [3.05, 3.63) is 35.3 Å². The lowest BCUT2D eigenvalue weighted by Crippen LogP contribution is -2.25. The van der Waals surface area contributed by atoms with Gasteiger partial charge in [-0.15, -0.1) is 0 Å². The third kappa shape index (κ3) is 1.60. The van der Waals surface area contributed by atoms with Gasteiger partial charge < -0.3 is 14.9 Å². The minimum absolute atomic E-state index is 0.450. The van der Waals surface area contributed by atoms with Crippen molar-refractivity contribution in [3.8, 4) is 0 Å². The first-order valence-electron chi connectivity index (χ1n) is 4.81. The molecule has 2 N–H and O–H groups in total. The second kappa shape index (κ2) is 3.84. The summed E-state index contributed by atoms with van der Waals surface area (Å²) >= 11 is 0. The minimum Gasteiger partial charge on any atom is -0.480 e. The van der Waals surface area contributed by atoms with Crippen LogP contribution in [-0.4, -0.2) is 22.2 Å². The van der Waals surface area contributed by atoms with Gasteiger partial charge in [0, 0.05) is 0 Å². The molecule has 0 aromatic heterocycles. The number of carboxylic acids is 2. The van der Waals surface area contributed by atoms with Crippen LogP contribution in [0.1, 0.15) is 12.8 Å². The predicted molar refractivity (Wildman–Crippen MR) is 53.3 cm³/mol. The Morgan fingerprint density at radius 3 is 2.56 bits per heavy atom. The van der Waals surface area contributed by atoms with E-state index in [4.69, 9.17) is 14.9 Å². The summed E-state index contributed by atoms with van der Waals surface area (Å²) in [5.41, 5.74) is 2.01. The standard InChI is InChI=1S/C11H10O5/c12-10(13)9(11(14)15)8-2-1-6-5-16-4-3-7(6)8/h3-5,9H,1-2H2,(H,12,13)(H,14,15). The van der Waals surface area contributed by atoms with Crippen molar-refractivity contribution in [3.63, 3.8) is 0 Å². The summed E-state index contributed by atoms with van der Waals surface area (Å²) in [6.07, 6.45) is 5.66. The van der Waals surface area contributed by atoms with Crippen LogP contribution < -0.4 is 0 Å². The Kier molecular flexibility index (Phi) is 2.52. The van der Waals surface area contributed by atoms with Gasteiger partial charge in [-0.25, -0.2) is 0 Å². The van der Waals surface area contributed by atoms with Gasteiger partial charge in [0.25, 0.3) is 0 Å². The van der Waals surface area contributed by atoms with Crippen LogP contribution in [0.4, 0.5) is 0 Å². The van der Waals surface area contributed by atoms with Gasteiger partial charge in [0.1, 0.15) is 0 Å². The van der Waals surface area contributed by atoms with Crippen LogP contribution in [0.15, 0.2) is 35.3 Å². The van der Waals surface area contributed by atoms with E-state index >= 15 is 0 Å². The summed E-state index contributed by atoms with van der Waals surface area (Å²) in [5, 5.41) is 17.8. The molecule has 1 aliphatic carbocycles. The fourth-order valence-electron chi connectivity index (χ4n) is 2.01. The zero-order chi connectivity index (χ0) is 11.7. The maximum atomic E-state index is 10.9. The maximum Gasteiger partial charge on any atom is 0.322 e. The summed E-state index contributed by atoms with van der Waals surface area (Å²) < 4.78 is 4.96. The monoisotopic (exact) mass is 222 g/mol. The van der Waals surface area contributed by atoms with Crippen LogP contribution >= 0.6 is 0 Å². The van der Waals surface area contributed by atoms with Gasteiger partial charge >= 0.3 is 11.9 Å². The minimum atomic E-state index is -1.45. The summed E-state index contributed by atoms with van der Waals surface area (Å²) in [6.45, 7) is 0. The Balaban J connectivity index is 2.43. The van der Waals surface area contributed by atoms with Crippen LogP contribution in [0.2, 0.25) is 0 Å². The Labute approximate surface area is 91.3 Å². The van der Waals surface area contributed by atoms with Crippen molar-refractivity contribution in [1.29, 1.82) is 0 Å². The molecule has 0 bridgehead atoms. The number of carboxylic acid groups (broad SMARTS) is 2. The lowest BCUT2D eigenvalue weighted by molar-refractivity contribution is -0.152. The SMILES string of the molecule is O=C(O)C(C(=O)O)C1=C2C=COC=C2CC1. The number of fused-ring (bicyclic) bond motifs is 1. The maximum absolute atomic E-state index is 10.9. The summed E-state index contributed by atoms with van der Waals surface area (Å²) in [5.74, 6) is -4.10.